The van der Waals surface area contributed by atoms with Crippen LogP contribution in [0, 0.1) is 5.82 Å². The average molecular weight is 384 g/mol. The summed E-state index contributed by atoms with van der Waals surface area (Å²) in [5.41, 5.74) is 7.78. The van der Waals surface area contributed by atoms with Crippen molar-refractivity contribution in [1.29, 1.82) is 0 Å². The highest BCUT2D eigenvalue weighted by atomic mass is 32.1. The first-order valence-corrected chi connectivity index (χ1v) is 8.92. The van der Waals surface area contributed by atoms with Crippen molar-refractivity contribution < 1.29 is 14.0 Å². The van der Waals surface area contributed by atoms with Crippen molar-refractivity contribution in [1.82, 2.24) is 9.97 Å². The molecule has 2 heterocycles. The molecule has 1 atom stereocenters. The predicted molar refractivity (Wildman–Crippen MR) is 103 cm³/mol. The van der Waals surface area contributed by atoms with E-state index in [4.69, 9.17) is 10.6 Å². The maximum absolute atomic E-state index is 13.5. The summed E-state index contributed by atoms with van der Waals surface area (Å²) in [7, 11) is 0. The summed E-state index contributed by atoms with van der Waals surface area (Å²) in [6.45, 7) is 3.72. The van der Waals surface area contributed by atoms with Gasteiger partial charge in [0.1, 0.15) is 16.9 Å². The topological polar surface area (TPSA) is 81.3 Å². The minimum Gasteiger partial charge on any atom is -0.399 e. The van der Waals surface area contributed by atoms with Crippen LogP contribution in [0.3, 0.4) is 0 Å². The molecule has 8 heteroatoms. The molecule has 0 saturated heterocycles. The van der Waals surface area contributed by atoms with E-state index in [-0.39, 0.29) is 6.42 Å². The lowest BCUT2D eigenvalue weighted by molar-refractivity contribution is -0.115. The number of aromatic nitrogens is 2. The van der Waals surface area contributed by atoms with Gasteiger partial charge in [0.05, 0.1) is 0 Å². The fraction of sp³-hybridized carbons (Fsp3) is 0.105. The van der Waals surface area contributed by atoms with Crippen LogP contribution in [0.5, 0.6) is 0 Å². The number of nitrogen functional groups attached to an aromatic ring is 1. The number of amides is 1. The molecule has 27 heavy (non-hydrogen) atoms. The van der Waals surface area contributed by atoms with Gasteiger partial charge in [-0.15, -0.1) is 17.9 Å². The van der Waals surface area contributed by atoms with Crippen LogP contribution in [-0.4, -0.2) is 22.5 Å². The monoisotopic (exact) mass is 384 g/mol. The van der Waals surface area contributed by atoms with Crippen LogP contribution in [0.4, 0.5) is 15.9 Å². The second-order valence-electron chi connectivity index (χ2n) is 5.60. The number of hydrogen-bond donors (Lipinski definition) is 1. The number of carbonyl (C=O) groups is 1. The maximum atomic E-state index is 13.5. The van der Waals surface area contributed by atoms with E-state index >= 15 is 0 Å². The van der Waals surface area contributed by atoms with Gasteiger partial charge >= 0.3 is 0 Å². The number of nitrogens with two attached hydrogens (primary N) is 1. The molecule has 0 spiro atoms. The lowest BCUT2D eigenvalue weighted by Gasteiger charge is -2.21. The van der Waals surface area contributed by atoms with Gasteiger partial charge in [-0.05, 0) is 35.9 Å². The minimum absolute atomic E-state index is 0.263. The van der Waals surface area contributed by atoms with Crippen molar-refractivity contribution in [3.05, 3.63) is 72.1 Å². The highest BCUT2D eigenvalue weighted by molar-refractivity contribution is 7.13. The molecule has 3 rings (SSSR count). The number of nitrogens with zero attached hydrogens (tertiary/aromatic N) is 3. The summed E-state index contributed by atoms with van der Waals surface area (Å²) in [6, 6.07) is 7.77. The summed E-state index contributed by atoms with van der Waals surface area (Å²) in [5, 5.41) is 3.47. The molecule has 0 bridgehead atoms. The van der Waals surface area contributed by atoms with Crippen molar-refractivity contribution >= 4 is 29.3 Å². The van der Waals surface area contributed by atoms with Gasteiger partial charge in [0.25, 0.3) is 0 Å². The van der Waals surface area contributed by atoms with Gasteiger partial charge in [-0.3, -0.25) is 14.6 Å². The van der Waals surface area contributed by atoms with E-state index in [1.54, 1.807) is 17.8 Å². The van der Waals surface area contributed by atoms with E-state index < -0.39 is 11.9 Å². The van der Waals surface area contributed by atoms with Crippen molar-refractivity contribution in [2.75, 3.05) is 10.8 Å². The second-order valence-corrected chi connectivity index (χ2v) is 6.46. The molecule has 2 aromatic heterocycles. The maximum Gasteiger partial charge on any atom is 0.239 e. The molecular formula is C19H17FN4O2S. The summed E-state index contributed by atoms with van der Waals surface area (Å²) in [6.07, 6.45) is 5.06. The van der Waals surface area contributed by atoms with Crippen LogP contribution in [0.1, 0.15) is 5.56 Å². The smallest absolute Gasteiger partial charge is 0.239 e. The molecule has 0 fully saturated rings. The van der Waals surface area contributed by atoms with E-state index in [1.807, 2.05) is 12.1 Å². The van der Waals surface area contributed by atoms with Crippen LogP contribution < -0.4 is 10.8 Å². The molecule has 0 radical (unpaired) electrons. The summed E-state index contributed by atoms with van der Waals surface area (Å²) in [4.78, 5) is 25.6. The van der Waals surface area contributed by atoms with Gasteiger partial charge in [-0.25, -0.2) is 9.37 Å². The summed E-state index contributed by atoms with van der Waals surface area (Å²) < 4.78 is 13.5. The Hall–Kier alpha value is -3.10. The van der Waals surface area contributed by atoms with E-state index in [1.165, 1.54) is 35.6 Å². The van der Waals surface area contributed by atoms with Gasteiger partial charge in [0.2, 0.25) is 6.41 Å². The number of thiazole rings is 1. The Balaban J connectivity index is 1.75. The number of benzene rings is 1. The van der Waals surface area contributed by atoms with E-state index in [0.29, 0.717) is 23.5 Å². The first-order chi connectivity index (χ1) is 13.1. The third-order valence-electron chi connectivity index (χ3n) is 3.78. The predicted octanol–water partition coefficient (Wildman–Crippen LogP) is 3.62. The zero-order chi connectivity index (χ0) is 19.2. The minimum atomic E-state index is -0.592. The standard InChI is InChI=1S/C19H17FN4O2S/c1-2-16(10-14-9-15(20)3-4-17(14)21)26-24(12-25)18-11-27-19(23-18)13-5-7-22-8-6-13/h2-9,11-12,16H,1,10,21H2. The van der Waals surface area contributed by atoms with Crippen molar-refractivity contribution in [2.24, 2.45) is 0 Å². The molecule has 0 saturated carbocycles. The Labute approximate surface area is 159 Å². The van der Waals surface area contributed by atoms with Crippen molar-refractivity contribution in [3.63, 3.8) is 0 Å². The van der Waals surface area contributed by atoms with Crippen LogP contribution in [0.15, 0.2) is 60.8 Å². The third kappa shape index (κ3) is 4.55. The fourth-order valence-corrected chi connectivity index (χ4v) is 3.20. The van der Waals surface area contributed by atoms with E-state index in [0.717, 1.165) is 15.6 Å². The largest absolute Gasteiger partial charge is 0.399 e. The van der Waals surface area contributed by atoms with Gasteiger partial charge in [0, 0.05) is 35.4 Å². The van der Waals surface area contributed by atoms with Crippen molar-refractivity contribution in [2.45, 2.75) is 12.5 Å². The molecule has 138 valence electrons. The molecule has 1 aromatic carbocycles. The van der Waals surface area contributed by atoms with Crippen LogP contribution in [-0.2, 0) is 16.1 Å². The third-order valence-corrected chi connectivity index (χ3v) is 4.66. The van der Waals surface area contributed by atoms with Crippen LogP contribution >= 0.6 is 11.3 Å². The van der Waals surface area contributed by atoms with Crippen LogP contribution in [0.2, 0.25) is 0 Å². The van der Waals surface area contributed by atoms with Gasteiger partial charge < -0.3 is 5.73 Å². The van der Waals surface area contributed by atoms with Crippen molar-refractivity contribution in [3.8, 4) is 10.6 Å². The zero-order valence-electron chi connectivity index (χ0n) is 14.3. The molecule has 0 aliphatic rings. The number of hydroxylamine groups is 1. The summed E-state index contributed by atoms with van der Waals surface area (Å²) >= 11 is 1.37. The Morgan fingerprint density at radius 2 is 2.11 bits per heavy atom. The van der Waals surface area contributed by atoms with E-state index in [2.05, 4.69) is 16.5 Å². The molecule has 0 aliphatic carbocycles. The highest BCUT2D eigenvalue weighted by Gasteiger charge is 2.18. The molecule has 2 N–H and O–H groups in total. The molecular weight excluding hydrogens is 367 g/mol. The van der Waals surface area contributed by atoms with E-state index in [9.17, 15) is 9.18 Å². The van der Waals surface area contributed by atoms with Gasteiger partial charge in [0.15, 0.2) is 5.82 Å². The number of carbonyl (C=O) groups excluding carboxylic acids is 1. The molecule has 6 nitrogen and oxygen atoms in total. The Kier molecular flexibility index (Phi) is 5.90. The van der Waals surface area contributed by atoms with Crippen LogP contribution in [0.25, 0.3) is 10.6 Å². The lowest BCUT2D eigenvalue weighted by atomic mass is 10.1. The molecule has 1 amide bonds. The first kappa shape index (κ1) is 18.7. The number of halogens is 1. The fourth-order valence-electron chi connectivity index (χ4n) is 2.40. The summed E-state index contributed by atoms with van der Waals surface area (Å²) in [5.74, 6) is -0.0448. The average Bonchev–Trinajstić information content (AvgIpc) is 3.18. The van der Waals surface area contributed by atoms with Gasteiger partial charge in [-0.1, -0.05) is 6.08 Å². The quantitative estimate of drug-likeness (QED) is 0.278. The SMILES string of the molecule is C=CC(Cc1cc(F)ccc1N)ON(C=O)c1csc(-c2ccncc2)n1. The number of hydrogen-bond acceptors (Lipinski definition) is 6. The second kappa shape index (κ2) is 8.52. The number of anilines is 2. The Morgan fingerprint density at radius 3 is 2.81 bits per heavy atom. The number of rotatable bonds is 8. The molecule has 0 aliphatic heterocycles. The number of pyridine rings is 1. The molecule has 3 aromatic rings. The lowest BCUT2D eigenvalue weighted by Crippen LogP contribution is -2.29. The Morgan fingerprint density at radius 1 is 1.33 bits per heavy atom. The normalized spacial score (nSPS) is 11.7. The molecule has 1 unspecified atom stereocenters. The first-order valence-electron chi connectivity index (χ1n) is 8.04. The Bertz CT molecular complexity index is 932. The zero-order valence-corrected chi connectivity index (χ0v) is 15.1. The highest BCUT2D eigenvalue weighted by Crippen LogP contribution is 2.27. The van der Waals surface area contributed by atoms with Gasteiger partial charge in [-0.2, -0.15) is 5.06 Å².